The fourth-order valence-electron chi connectivity index (χ4n) is 1.37. The molecule has 16 heavy (non-hydrogen) atoms. The molecule has 0 aliphatic rings. The van der Waals surface area contributed by atoms with Crippen molar-refractivity contribution < 1.29 is 4.21 Å². The van der Waals surface area contributed by atoms with Gasteiger partial charge in [0, 0.05) is 33.7 Å². The Bertz CT molecular complexity index is 373. The van der Waals surface area contributed by atoms with E-state index in [9.17, 15) is 4.21 Å². The minimum Gasteiger partial charge on any atom is -0.384 e. The molecule has 0 aliphatic carbocycles. The minimum absolute atomic E-state index is 0.241. The third kappa shape index (κ3) is 3.81. The lowest BCUT2D eigenvalue weighted by Gasteiger charge is -2.12. The highest BCUT2D eigenvalue weighted by Crippen LogP contribution is 2.11. The molecule has 0 heterocycles. The summed E-state index contributed by atoms with van der Waals surface area (Å²) in [4.78, 5) is 0.894. The van der Waals surface area contributed by atoms with Gasteiger partial charge in [-0.2, -0.15) is 0 Å². The van der Waals surface area contributed by atoms with E-state index in [1.807, 2.05) is 38.2 Å². The van der Waals surface area contributed by atoms with Gasteiger partial charge in [-0.3, -0.25) is 4.21 Å². The first-order valence-corrected chi connectivity index (χ1v) is 6.83. The summed E-state index contributed by atoms with van der Waals surface area (Å²) < 4.78 is 11.5. The van der Waals surface area contributed by atoms with Crippen molar-refractivity contribution in [3.05, 3.63) is 47.0 Å². The molecular formula is C13H19NOS. The molecular weight excluding hydrogens is 218 g/mol. The SMILES string of the molecule is CCS(=O)/C(C)=C/N[C@@H](C)c1ccccc1. The number of allylic oxidation sites excluding steroid dienone is 1. The highest BCUT2D eigenvalue weighted by Gasteiger charge is 2.03. The molecule has 0 radical (unpaired) electrons. The smallest absolute Gasteiger partial charge is 0.0497 e. The normalized spacial score (nSPS) is 15.6. The summed E-state index contributed by atoms with van der Waals surface area (Å²) in [5.74, 6) is 0.670. The van der Waals surface area contributed by atoms with E-state index in [-0.39, 0.29) is 6.04 Å². The van der Waals surface area contributed by atoms with E-state index in [0.717, 1.165) is 4.91 Å². The third-order valence-electron chi connectivity index (χ3n) is 2.46. The molecule has 0 aliphatic heterocycles. The second-order valence-corrected chi connectivity index (χ2v) is 5.60. The molecule has 88 valence electrons. The average molecular weight is 237 g/mol. The molecule has 0 bridgehead atoms. The van der Waals surface area contributed by atoms with Crippen molar-refractivity contribution in [2.45, 2.75) is 26.8 Å². The molecule has 0 saturated heterocycles. The Morgan fingerprint density at radius 3 is 2.62 bits per heavy atom. The largest absolute Gasteiger partial charge is 0.384 e. The molecule has 0 aromatic heterocycles. The Labute approximate surface area is 100 Å². The number of benzene rings is 1. The molecule has 2 atom stereocenters. The van der Waals surface area contributed by atoms with Gasteiger partial charge in [0.15, 0.2) is 0 Å². The van der Waals surface area contributed by atoms with E-state index in [4.69, 9.17) is 0 Å². The van der Waals surface area contributed by atoms with Gasteiger partial charge in [0.25, 0.3) is 0 Å². The van der Waals surface area contributed by atoms with Crippen LogP contribution in [0.5, 0.6) is 0 Å². The first-order valence-electron chi connectivity index (χ1n) is 5.51. The van der Waals surface area contributed by atoms with Crippen LogP contribution >= 0.6 is 0 Å². The van der Waals surface area contributed by atoms with E-state index < -0.39 is 10.8 Å². The van der Waals surface area contributed by atoms with Crippen molar-refractivity contribution in [1.82, 2.24) is 5.32 Å². The van der Waals surface area contributed by atoms with E-state index in [1.54, 1.807) is 0 Å². The molecule has 0 spiro atoms. The van der Waals surface area contributed by atoms with E-state index in [2.05, 4.69) is 24.4 Å². The number of nitrogens with one attached hydrogen (secondary N) is 1. The van der Waals surface area contributed by atoms with Gasteiger partial charge in [0.2, 0.25) is 0 Å². The maximum absolute atomic E-state index is 11.5. The maximum atomic E-state index is 11.5. The Morgan fingerprint density at radius 2 is 2.06 bits per heavy atom. The average Bonchev–Trinajstić information content (AvgIpc) is 2.35. The van der Waals surface area contributed by atoms with Gasteiger partial charge in [-0.25, -0.2) is 0 Å². The Balaban J connectivity index is 2.59. The van der Waals surface area contributed by atoms with Crippen molar-refractivity contribution in [3.63, 3.8) is 0 Å². The number of hydrogen-bond donors (Lipinski definition) is 1. The summed E-state index contributed by atoms with van der Waals surface area (Å²) in [5, 5.41) is 3.26. The molecule has 1 N–H and O–H groups in total. The van der Waals surface area contributed by atoms with Gasteiger partial charge in [0.1, 0.15) is 0 Å². The standard InChI is InChI=1S/C13H19NOS/c1-4-16(15)11(2)10-14-12(3)13-8-6-5-7-9-13/h5-10,12,14H,4H2,1-3H3/b11-10+/t12-,16?/m0/s1. The van der Waals surface area contributed by atoms with E-state index >= 15 is 0 Å². The van der Waals surface area contributed by atoms with Crippen LogP contribution in [0.4, 0.5) is 0 Å². The molecule has 0 saturated carbocycles. The fraction of sp³-hybridized carbons (Fsp3) is 0.385. The van der Waals surface area contributed by atoms with Crippen molar-refractivity contribution in [3.8, 4) is 0 Å². The molecule has 0 amide bonds. The lowest BCUT2D eigenvalue weighted by Crippen LogP contribution is -2.13. The quantitative estimate of drug-likeness (QED) is 0.853. The molecule has 1 rings (SSSR count). The molecule has 1 unspecified atom stereocenters. The number of rotatable bonds is 5. The summed E-state index contributed by atoms with van der Waals surface area (Å²) in [6.45, 7) is 5.91. The van der Waals surface area contributed by atoms with Gasteiger partial charge in [0.05, 0.1) is 0 Å². The fourth-order valence-corrected chi connectivity index (χ4v) is 2.03. The van der Waals surface area contributed by atoms with Gasteiger partial charge < -0.3 is 5.32 Å². The zero-order chi connectivity index (χ0) is 12.0. The van der Waals surface area contributed by atoms with Gasteiger partial charge in [-0.15, -0.1) is 0 Å². The van der Waals surface area contributed by atoms with Crippen LogP contribution < -0.4 is 5.32 Å². The molecule has 0 fully saturated rings. The molecule has 2 nitrogen and oxygen atoms in total. The number of hydrogen-bond acceptors (Lipinski definition) is 2. The summed E-state index contributed by atoms with van der Waals surface area (Å²) in [6, 6.07) is 10.5. The Morgan fingerprint density at radius 1 is 1.44 bits per heavy atom. The van der Waals surface area contributed by atoms with Crippen LogP contribution in [0.1, 0.15) is 32.4 Å². The third-order valence-corrected chi connectivity index (χ3v) is 3.82. The van der Waals surface area contributed by atoms with Crippen LogP contribution in [0.3, 0.4) is 0 Å². The predicted octanol–water partition coefficient (Wildman–Crippen LogP) is 2.97. The monoisotopic (exact) mass is 237 g/mol. The van der Waals surface area contributed by atoms with E-state index in [0.29, 0.717) is 5.75 Å². The minimum atomic E-state index is -0.846. The van der Waals surface area contributed by atoms with Gasteiger partial charge in [-0.1, -0.05) is 37.3 Å². The van der Waals surface area contributed by atoms with Crippen molar-refractivity contribution >= 4 is 10.8 Å². The van der Waals surface area contributed by atoms with Crippen LogP contribution in [-0.2, 0) is 10.8 Å². The highest BCUT2D eigenvalue weighted by atomic mass is 32.2. The summed E-state index contributed by atoms with van der Waals surface area (Å²) in [5.41, 5.74) is 1.23. The first-order chi connectivity index (χ1) is 7.65. The highest BCUT2D eigenvalue weighted by molar-refractivity contribution is 7.88. The predicted molar refractivity (Wildman–Crippen MR) is 70.4 cm³/mol. The Kier molecular flexibility index (Phi) is 5.26. The lowest BCUT2D eigenvalue weighted by molar-refractivity contribution is 0.678. The second kappa shape index (κ2) is 6.48. The Hall–Kier alpha value is -1.09. The first kappa shape index (κ1) is 13.0. The topological polar surface area (TPSA) is 29.1 Å². The van der Waals surface area contributed by atoms with Crippen LogP contribution in [0.25, 0.3) is 0 Å². The van der Waals surface area contributed by atoms with Crippen LogP contribution in [-0.4, -0.2) is 9.96 Å². The van der Waals surface area contributed by atoms with Crippen LogP contribution in [0.2, 0.25) is 0 Å². The second-order valence-electron chi connectivity index (χ2n) is 3.69. The zero-order valence-electron chi connectivity index (χ0n) is 10.1. The molecule has 1 aromatic carbocycles. The van der Waals surface area contributed by atoms with Crippen molar-refractivity contribution in [2.24, 2.45) is 0 Å². The van der Waals surface area contributed by atoms with E-state index in [1.165, 1.54) is 5.56 Å². The van der Waals surface area contributed by atoms with Crippen LogP contribution in [0.15, 0.2) is 41.4 Å². The summed E-state index contributed by atoms with van der Waals surface area (Å²) in [6.07, 6.45) is 1.86. The lowest BCUT2D eigenvalue weighted by atomic mass is 10.1. The zero-order valence-corrected chi connectivity index (χ0v) is 10.9. The molecule has 1 aromatic rings. The van der Waals surface area contributed by atoms with Gasteiger partial charge in [-0.05, 0) is 19.4 Å². The summed E-state index contributed by atoms with van der Waals surface area (Å²) >= 11 is 0. The van der Waals surface area contributed by atoms with Crippen molar-refractivity contribution in [2.75, 3.05) is 5.75 Å². The van der Waals surface area contributed by atoms with Gasteiger partial charge >= 0.3 is 0 Å². The summed E-state index contributed by atoms with van der Waals surface area (Å²) in [7, 11) is -0.846. The van der Waals surface area contributed by atoms with Crippen LogP contribution in [0, 0.1) is 0 Å². The maximum Gasteiger partial charge on any atom is 0.0497 e. The molecule has 3 heteroatoms. The van der Waals surface area contributed by atoms with Crippen molar-refractivity contribution in [1.29, 1.82) is 0 Å².